The fraction of sp³-hybridized carbons (Fsp3) is 0.172. The Bertz CT molecular complexity index is 1350. The van der Waals surface area contributed by atoms with E-state index in [1.165, 1.54) is 4.90 Å². The van der Waals surface area contributed by atoms with Crippen molar-refractivity contribution >= 4 is 52.2 Å². The van der Waals surface area contributed by atoms with Crippen LogP contribution in [0.25, 0.3) is 6.08 Å². The second-order valence-corrected chi connectivity index (χ2v) is 10.0. The first-order valence-electron chi connectivity index (χ1n) is 11.7. The summed E-state index contributed by atoms with van der Waals surface area (Å²) in [5, 5.41) is 0.899. The molecular weight excluding hydrogens is 529 g/mol. The molecule has 1 fully saturated rings. The van der Waals surface area contributed by atoms with Gasteiger partial charge in [0.25, 0.3) is 11.1 Å². The third-order valence-corrected chi connectivity index (χ3v) is 7.10. The molecule has 0 unspecified atom stereocenters. The van der Waals surface area contributed by atoms with Gasteiger partial charge in [-0.15, -0.1) is 6.58 Å². The average molecular weight is 554 g/mol. The number of imide groups is 1. The summed E-state index contributed by atoms with van der Waals surface area (Å²) in [6, 6.07) is 18.3. The summed E-state index contributed by atoms with van der Waals surface area (Å²) in [6.45, 7) is 6.63. The number of halogens is 2. The average Bonchev–Trinajstić information content (AvgIpc) is 3.13. The van der Waals surface area contributed by atoms with Crippen LogP contribution in [0.15, 0.2) is 78.2 Å². The van der Waals surface area contributed by atoms with E-state index >= 15 is 0 Å². The highest BCUT2D eigenvalue weighted by molar-refractivity contribution is 8.18. The molecular formula is C29H25Cl2NO4S. The Morgan fingerprint density at radius 3 is 2.46 bits per heavy atom. The van der Waals surface area contributed by atoms with E-state index in [1.807, 2.05) is 43.3 Å². The third kappa shape index (κ3) is 6.58. The summed E-state index contributed by atoms with van der Waals surface area (Å²) in [4.78, 5) is 27.3. The fourth-order valence-electron chi connectivity index (χ4n) is 3.83. The zero-order valence-corrected chi connectivity index (χ0v) is 22.5. The van der Waals surface area contributed by atoms with Gasteiger partial charge in [-0.25, -0.2) is 0 Å². The molecule has 0 atom stereocenters. The van der Waals surface area contributed by atoms with Crippen molar-refractivity contribution in [3.05, 3.63) is 111 Å². The molecule has 8 heteroatoms. The van der Waals surface area contributed by atoms with Gasteiger partial charge in [-0.2, -0.15) is 0 Å². The summed E-state index contributed by atoms with van der Waals surface area (Å²) in [7, 11) is 0. The van der Waals surface area contributed by atoms with Crippen LogP contribution >= 0.6 is 35.0 Å². The molecule has 190 valence electrons. The van der Waals surface area contributed by atoms with Gasteiger partial charge in [0, 0.05) is 21.2 Å². The first-order valence-corrected chi connectivity index (χ1v) is 13.2. The number of amides is 2. The lowest BCUT2D eigenvalue weighted by atomic mass is 10.0. The molecule has 1 saturated heterocycles. The van der Waals surface area contributed by atoms with Gasteiger partial charge >= 0.3 is 0 Å². The molecule has 0 spiro atoms. The van der Waals surface area contributed by atoms with Crippen molar-refractivity contribution in [1.29, 1.82) is 0 Å². The molecule has 4 rings (SSSR count). The Morgan fingerprint density at radius 2 is 1.76 bits per heavy atom. The van der Waals surface area contributed by atoms with Crippen LogP contribution in [0.4, 0.5) is 4.79 Å². The van der Waals surface area contributed by atoms with Crippen molar-refractivity contribution < 1.29 is 19.1 Å². The standard InChI is InChI=1S/C29H25Cl2NO4S/c1-3-7-21-14-20(15-25(35-4-2)27(21)36-18-22-8-5-6-9-24(22)31)16-26-28(33)32(29(34)37-26)17-19-10-12-23(30)13-11-19/h3,5-6,8-16H,1,4,7,17-18H2,2H3/b26-16+. The minimum Gasteiger partial charge on any atom is -0.490 e. The maximum atomic E-state index is 13.1. The molecule has 0 aromatic heterocycles. The molecule has 1 aliphatic rings. The molecule has 0 bridgehead atoms. The number of ether oxygens (including phenoxy) is 2. The number of hydrogen-bond acceptors (Lipinski definition) is 5. The topological polar surface area (TPSA) is 55.8 Å². The molecule has 3 aromatic rings. The van der Waals surface area contributed by atoms with Crippen molar-refractivity contribution in [2.45, 2.75) is 26.5 Å². The summed E-state index contributed by atoms with van der Waals surface area (Å²) >= 11 is 13.2. The number of allylic oxidation sites excluding steroid dienone is 1. The Hall–Kier alpha value is -3.19. The van der Waals surface area contributed by atoms with Gasteiger partial charge in [0.1, 0.15) is 6.61 Å². The molecule has 1 heterocycles. The summed E-state index contributed by atoms with van der Waals surface area (Å²) in [5.41, 5.74) is 3.25. The van der Waals surface area contributed by atoms with Crippen LogP contribution in [0.1, 0.15) is 29.2 Å². The second kappa shape index (κ2) is 12.4. The first kappa shape index (κ1) is 26.9. The smallest absolute Gasteiger partial charge is 0.293 e. The van der Waals surface area contributed by atoms with E-state index in [1.54, 1.807) is 36.4 Å². The van der Waals surface area contributed by atoms with Crippen molar-refractivity contribution in [1.82, 2.24) is 4.90 Å². The van der Waals surface area contributed by atoms with E-state index in [0.29, 0.717) is 39.5 Å². The lowest BCUT2D eigenvalue weighted by molar-refractivity contribution is -0.123. The Morgan fingerprint density at radius 1 is 1.00 bits per heavy atom. The Balaban J connectivity index is 1.62. The van der Waals surface area contributed by atoms with Crippen molar-refractivity contribution in [2.24, 2.45) is 0 Å². The van der Waals surface area contributed by atoms with Crippen LogP contribution in [-0.4, -0.2) is 22.7 Å². The first-order chi connectivity index (χ1) is 17.9. The lowest BCUT2D eigenvalue weighted by Gasteiger charge is -2.17. The van der Waals surface area contributed by atoms with Gasteiger partial charge in [-0.05, 0) is 72.6 Å². The normalized spacial score (nSPS) is 14.4. The van der Waals surface area contributed by atoms with Crippen LogP contribution in [0.3, 0.4) is 0 Å². The van der Waals surface area contributed by atoms with Crippen molar-refractivity contribution in [3.63, 3.8) is 0 Å². The largest absolute Gasteiger partial charge is 0.490 e. The molecule has 0 radical (unpaired) electrons. The minimum atomic E-state index is -0.341. The third-order valence-electron chi connectivity index (χ3n) is 5.57. The van der Waals surface area contributed by atoms with E-state index in [4.69, 9.17) is 32.7 Å². The lowest BCUT2D eigenvalue weighted by Crippen LogP contribution is -2.27. The van der Waals surface area contributed by atoms with E-state index in [9.17, 15) is 9.59 Å². The molecule has 37 heavy (non-hydrogen) atoms. The maximum absolute atomic E-state index is 13.1. The van der Waals surface area contributed by atoms with Crippen LogP contribution in [-0.2, 0) is 24.4 Å². The van der Waals surface area contributed by atoms with Crippen molar-refractivity contribution in [3.8, 4) is 11.5 Å². The molecule has 1 aliphatic heterocycles. The van der Waals surface area contributed by atoms with Gasteiger partial charge < -0.3 is 9.47 Å². The van der Waals surface area contributed by atoms with Crippen molar-refractivity contribution in [2.75, 3.05) is 6.61 Å². The predicted molar refractivity (Wildman–Crippen MR) is 150 cm³/mol. The van der Waals surface area contributed by atoms with E-state index < -0.39 is 0 Å². The van der Waals surface area contributed by atoms with Gasteiger partial charge in [-0.1, -0.05) is 59.6 Å². The highest BCUT2D eigenvalue weighted by Crippen LogP contribution is 2.38. The number of carbonyl (C=O) groups is 2. The molecule has 5 nitrogen and oxygen atoms in total. The predicted octanol–water partition coefficient (Wildman–Crippen LogP) is 7.94. The van der Waals surface area contributed by atoms with Crippen LogP contribution in [0, 0.1) is 0 Å². The number of rotatable bonds is 10. The zero-order chi connectivity index (χ0) is 26.4. The van der Waals surface area contributed by atoms with Gasteiger partial charge in [0.2, 0.25) is 0 Å². The van der Waals surface area contributed by atoms with Crippen LogP contribution in [0.5, 0.6) is 11.5 Å². The highest BCUT2D eigenvalue weighted by atomic mass is 35.5. The molecule has 0 aliphatic carbocycles. The minimum absolute atomic E-state index is 0.180. The molecule has 2 amide bonds. The number of nitrogens with zero attached hydrogens (tertiary/aromatic N) is 1. The van der Waals surface area contributed by atoms with E-state index in [-0.39, 0.29) is 24.3 Å². The Kier molecular flexibility index (Phi) is 8.98. The number of hydrogen-bond donors (Lipinski definition) is 0. The molecule has 3 aromatic carbocycles. The summed E-state index contributed by atoms with van der Waals surface area (Å²) < 4.78 is 12.1. The van der Waals surface area contributed by atoms with E-state index in [0.717, 1.165) is 34.0 Å². The maximum Gasteiger partial charge on any atom is 0.293 e. The quantitative estimate of drug-likeness (QED) is 0.188. The number of benzene rings is 3. The van der Waals surface area contributed by atoms with Crippen LogP contribution < -0.4 is 9.47 Å². The Labute approximate surface area is 230 Å². The molecule has 0 N–H and O–H groups in total. The highest BCUT2D eigenvalue weighted by Gasteiger charge is 2.35. The summed E-state index contributed by atoms with van der Waals surface area (Å²) in [5.74, 6) is 0.794. The fourth-order valence-corrected chi connectivity index (χ4v) is 4.98. The summed E-state index contributed by atoms with van der Waals surface area (Å²) in [6.07, 6.45) is 4.01. The van der Waals surface area contributed by atoms with Gasteiger partial charge in [0.15, 0.2) is 11.5 Å². The van der Waals surface area contributed by atoms with Gasteiger partial charge in [-0.3, -0.25) is 14.5 Å². The van der Waals surface area contributed by atoms with Gasteiger partial charge in [0.05, 0.1) is 18.1 Å². The number of thioether (sulfide) groups is 1. The monoisotopic (exact) mass is 553 g/mol. The van der Waals surface area contributed by atoms with Crippen LogP contribution in [0.2, 0.25) is 10.0 Å². The van der Waals surface area contributed by atoms with E-state index in [2.05, 4.69) is 6.58 Å². The molecule has 0 saturated carbocycles. The zero-order valence-electron chi connectivity index (χ0n) is 20.2. The second-order valence-electron chi connectivity index (χ2n) is 8.21. The SMILES string of the molecule is C=CCc1cc(/C=C2/SC(=O)N(Cc3ccc(Cl)cc3)C2=O)cc(OCC)c1OCc1ccccc1Cl. The number of carbonyl (C=O) groups excluding carboxylic acids is 2.